The van der Waals surface area contributed by atoms with Crippen LogP contribution < -0.4 is 9.47 Å². The Balaban J connectivity index is 1.20. The van der Waals surface area contributed by atoms with Crippen LogP contribution in [-0.4, -0.2) is 66.0 Å². The van der Waals surface area contributed by atoms with Crippen LogP contribution in [0.5, 0.6) is 11.5 Å². The number of amidine groups is 1. The number of likely N-dealkylation sites (N-methyl/N-ethyl adjacent to an activating group) is 1. The molecule has 6 nitrogen and oxygen atoms in total. The van der Waals surface area contributed by atoms with Crippen LogP contribution in [0, 0.1) is 11.8 Å². The number of nitrogens with zero attached hydrogens (tertiary/aromatic N) is 3. The molecule has 1 amide bonds. The first-order chi connectivity index (χ1) is 19.0. The van der Waals surface area contributed by atoms with Crippen molar-refractivity contribution in [2.75, 3.05) is 39.8 Å². The number of fused-ring (bicyclic) bond motifs is 3. The van der Waals surface area contributed by atoms with Crippen LogP contribution in [0.1, 0.15) is 28.7 Å². The SMILES string of the molecule is CN1CCN(C2=NC(=O)C(Cc3ccc4c(c3)OCC3CC3C(F)(F)c3cc(C(F)(F)F)ccc3CO4)S2)CC1. The van der Waals surface area contributed by atoms with Crippen LogP contribution in [0.25, 0.3) is 0 Å². The lowest BCUT2D eigenvalue weighted by Gasteiger charge is -2.33. The largest absolute Gasteiger partial charge is 0.489 e. The third kappa shape index (κ3) is 5.39. The van der Waals surface area contributed by atoms with E-state index < -0.39 is 35.1 Å². The number of hydrogen-bond acceptors (Lipinski definition) is 6. The number of carbonyl (C=O) groups excluding carboxylic acids is 1. The van der Waals surface area contributed by atoms with Crippen molar-refractivity contribution in [1.29, 1.82) is 0 Å². The van der Waals surface area contributed by atoms with E-state index in [0.717, 1.165) is 49.0 Å². The third-order valence-electron chi connectivity index (χ3n) is 7.95. The van der Waals surface area contributed by atoms with Crippen molar-refractivity contribution in [2.45, 2.75) is 36.8 Å². The van der Waals surface area contributed by atoms with Crippen LogP contribution in [0.4, 0.5) is 22.0 Å². The van der Waals surface area contributed by atoms with Gasteiger partial charge in [-0.1, -0.05) is 23.9 Å². The number of halogens is 5. The van der Waals surface area contributed by atoms with Crippen molar-refractivity contribution in [3.8, 4) is 11.5 Å². The van der Waals surface area contributed by atoms with Crippen LogP contribution in [0.15, 0.2) is 41.4 Å². The van der Waals surface area contributed by atoms with Crippen molar-refractivity contribution < 1.29 is 36.2 Å². The van der Waals surface area contributed by atoms with Crippen molar-refractivity contribution in [1.82, 2.24) is 9.80 Å². The fourth-order valence-electron chi connectivity index (χ4n) is 5.38. The van der Waals surface area contributed by atoms with Gasteiger partial charge in [0.1, 0.15) is 6.61 Å². The minimum absolute atomic E-state index is 0.00196. The van der Waals surface area contributed by atoms with E-state index in [1.807, 2.05) is 0 Å². The second kappa shape index (κ2) is 10.2. The number of ether oxygens (including phenoxy) is 2. The van der Waals surface area contributed by atoms with Gasteiger partial charge in [-0.05, 0) is 55.3 Å². The molecule has 3 unspecified atom stereocenters. The molecule has 2 aromatic carbocycles. The highest BCUT2D eigenvalue weighted by molar-refractivity contribution is 8.15. The Labute approximate surface area is 232 Å². The minimum atomic E-state index is -4.73. The highest BCUT2D eigenvalue weighted by atomic mass is 32.2. The number of benzene rings is 2. The quantitative estimate of drug-likeness (QED) is 0.455. The molecule has 3 heterocycles. The first kappa shape index (κ1) is 27.3. The monoisotopic (exact) mass is 581 g/mol. The standard InChI is InChI=1S/C28H28F5N3O3S/c1-35-6-8-36(9-7-35)26-34-25(37)24(40-26)11-16-2-5-22-23(10-16)39-15-18-12-20(18)27(29,30)21-13-19(28(31,32)33)4-3-17(21)14-38-22/h2-5,10,13,18,20,24H,6-9,11-12,14-15H2,1H3. The summed E-state index contributed by atoms with van der Waals surface area (Å²) >= 11 is 1.45. The second-order valence-corrected chi connectivity index (χ2v) is 12.0. The Morgan fingerprint density at radius 1 is 1.05 bits per heavy atom. The van der Waals surface area contributed by atoms with Gasteiger partial charge < -0.3 is 19.3 Å². The van der Waals surface area contributed by atoms with E-state index >= 15 is 8.78 Å². The number of rotatable bonds is 2. The van der Waals surface area contributed by atoms with E-state index in [2.05, 4.69) is 21.8 Å². The molecule has 2 aromatic rings. The van der Waals surface area contributed by atoms with Crippen molar-refractivity contribution in [3.63, 3.8) is 0 Å². The molecule has 0 N–H and O–H groups in total. The van der Waals surface area contributed by atoms with Crippen LogP contribution in [-0.2, 0) is 29.9 Å². The molecule has 0 bridgehead atoms. The Kier molecular flexibility index (Phi) is 6.97. The number of carbonyl (C=O) groups is 1. The normalized spacial score (nSPS) is 26.4. The highest BCUT2D eigenvalue weighted by Crippen LogP contribution is 2.56. The summed E-state index contributed by atoms with van der Waals surface area (Å²) in [6.07, 6.45) is -4.17. The predicted octanol–water partition coefficient (Wildman–Crippen LogP) is 5.19. The van der Waals surface area contributed by atoms with Crippen LogP contribution in [0.2, 0.25) is 0 Å². The molecule has 0 aromatic heterocycles. The highest BCUT2D eigenvalue weighted by Gasteiger charge is 2.57. The zero-order valence-corrected chi connectivity index (χ0v) is 22.5. The molecule has 214 valence electrons. The smallest absolute Gasteiger partial charge is 0.416 e. The predicted molar refractivity (Wildman–Crippen MR) is 140 cm³/mol. The molecule has 0 spiro atoms. The molecule has 12 heteroatoms. The maximum Gasteiger partial charge on any atom is 0.416 e. The first-order valence-corrected chi connectivity index (χ1v) is 14.1. The Morgan fingerprint density at radius 2 is 1.82 bits per heavy atom. The van der Waals surface area contributed by atoms with Crippen molar-refractivity contribution >= 4 is 22.8 Å². The molecule has 3 atom stereocenters. The van der Waals surface area contributed by atoms with Crippen LogP contribution >= 0.6 is 11.8 Å². The van der Waals surface area contributed by atoms with E-state index in [1.165, 1.54) is 11.8 Å². The summed E-state index contributed by atoms with van der Waals surface area (Å²) < 4.78 is 82.5. The molecule has 4 aliphatic rings. The summed E-state index contributed by atoms with van der Waals surface area (Å²) in [7, 11) is 2.06. The molecule has 3 aliphatic heterocycles. The summed E-state index contributed by atoms with van der Waals surface area (Å²) in [6.45, 7) is 3.09. The molecule has 0 radical (unpaired) electrons. The summed E-state index contributed by atoms with van der Waals surface area (Å²) in [6, 6.07) is 7.60. The maximum atomic E-state index is 15.4. The Bertz CT molecular complexity index is 1340. The number of aliphatic imine (C=N–C) groups is 1. The summed E-state index contributed by atoms with van der Waals surface area (Å²) in [5.74, 6) is -4.59. The van der Waals surface area contributed by atoms with Crippen molar-refractivity contribution in [2.24, 2.45) is 16.8 Å². The van der Waals surface area contributed by atoms with Gasteiger partial charge in [-0.15, -0.1) is 0 Å². The van der Waals surface area contributed by atoms with Gasteiger partial charge in [0.15, 0.2) is 16.7 Å². The van der Waals surface area contributed by atoms with E-state index in [1.54, 1.807) is 18.2 Å². The number of alkyl halides is 5. The first-order valence-electron chi connectivity index (χ1n) is 13.2. The third-order valence-corrected chi connectivity index (χ3v) is 9.17. The number of piperazine rings is 1. The van der Waals surface area contributed by atoms with Gasteiger partial charge in [0.05, 0.1) is 17.4 Å². The molecule has 40 heavy (non-hydrogen) atoms. The lowest BCUT2D eigenvalue weighted by molar-refractivity contribution is -0.138. The number of amides is 1. The molecule has 1 saturated heterocycles. The van der Waals surface area contributed by atoms with E-state index in [4.69, 9.17) is 9.47 Å². The summed E-state index contributed by atoms with van der Waals surface area (Å²) in [5.41, 5.74) is -0.950. The average molecular weight is 582 g/mol. The van der Waals surface area contributed by atoms with E-state index in [-0.39, 0.29) is 36.4 Å². The molecule has 6 rings (SSSR count). The average Bonchev–Trinajstić information content (AvgIpc) is 3.62. The summed E-state index contributed by atoms with van der Waals surface area (Å²) in [5, 5.41) is 0.364. The van der Waals surface area contributed by atoms with Gasteiger partial charge in [-0.3, -0.25) is 4.79 Å². The fraction of sp³-hybridized carbons (Fsp3) is 0.500. The maximum absolute atomic E-state index is 15.4. The summed E-state index contributed by atoms with van der Waals surface area (Å²) in [4.78, 5) is 21.3. The van der Waals surface area contributed by atoms with Gasteiger partial charge >= 0.3 is 6.18 Å². The Morgan fingerprint density at radius 3 is 2.58 bits per heavy atom. The topological polar surface area (TPSA) is 54.4 Å². The lowest BCUT2D eigenvalue weighted by Crippen LogP contribution is -2.46. The molecule has 2 fully saturated rings. The van der Waals surface area contributed by atoms with Gasteiger partial charge in [-0.2, -0.15) is 18.2 Å². The van der Waals surface area contributed by atoms with Crippen molar-refractivity contribution in [3.05, 3.63) is 58.7 Å². The van der Waals surface area contributed by atoms with Gasteiger partial charge in [0, 0.05) is 43.6 Å². The molecule has 1 saturated carbocycles. The van der Waals surface area contributed by atoms with Crippen LogP contribution in [0.3, 0.4) is 0 Å². The van der Waals surface area contributed by atoms with E-state index in [9.17, 15) is 18.0 Å². The number of thioether (sulfide) groups is 1. The lowest BCUT2D eigenvalue weighted by atomic mass is 9.95. The van der Waals surface area contributed by atoms with Gasteiger partial charge in [-0.25, -0.2) is 8.78 Å². The minimum Gasteiger partial charge on any atom is -0.489 e. The second-order valence-electron chi connectivity index (χ2n) is 10.8. The molecular formula is C28H28F5N3O3S. The zero-order valence-electron chi connectivity index (χ0n) is 21.7. The van der Waals surface area contributed by atoms with E-state index in [0.29, 0.717) is 24.0 Å². The molecular weight excluding hydrogens is 553 g/mol. The molecule has 1 aliphatic carbocycles. The van der Waals surface area contributed by atoms with Gasteiger partial charge in [0.2, 0.25) is 0 Å². The van der Waals surface area contributed by atoms with Gasteiger partial charge in [0.25, 0.3) is 11.8 Å². The fourth-order valence-corrected chi connectivity index (χ4v) is 6.54. The Hall–Kier alpha value is -2.86. The zero-order chi connectivity index (χ0) is 28.2. The number of hydrogen-bond donors (Lipinski definition) is 0.